The average Bonchev–Trinajstić information content (AvgIpc) is 3.34. The van der Waals surface area contributed by atoms with Crippen molar-refractivity contribution in [3.05, 3.63) is 66.7 Å². The zero-order valence-electron chi connectivity index (χ0n) is 18.1. The van der Waals surface area contributed by atoms with Crippen LogP contribution in [0.15, 0.2) is 76.1 Å². The average molecular weight is 468 g/mol. The number of hydrogen-bond donors (Lipinski definition) is 1. The number of rotatable bonds is 8. The van der Waals surface area contributed by atoms with Gasteiger partial charge in [-0.05, 0) is 60.7 Å². The smallest absolute Gasteiger partial charge is 0.262 e. The van der Waals surface area contributed by atoms with Crippen molar-refractivity contribution >= 4 is 15.7 Å². The maximum absolute atomic E-state index is 12.6. The lowest BCUT2D eigenvalue weighted by Crippen LogP contribution is -2.12. The van der Waals surface area contributed by atoms with Gasteiger partial charge in [-0.25, -0.2) is 8.42 Å². The zero-order chi connectivity index (χ0) is 23.4. The predicted molar refractivity (Wildman–Crippen MR) is 122 cm³/mol. The molecule has 4 aromatic rings. The highest BCUT2D eigenvalue weighted by atomic mass is 32.2. The number of sulfonamides is 1. The van der Waals surface area contributed by atoms with E-state index in [0.29, 0.717) is 39.9 Å². The van der Waals surface area contributed by atoms with Crippen molar-refractivity contribution in [2.24, 2.45) is 0 Å². The Labute approximate surface area is 191 Å². The summed E-state index contributed by atoms with van der Waals surface area (Å²) in [5.74, 6) is 2.22. The second kappa shape index (κ2) is 9.21. The number of hydrogen-bond acceptors (Lipinski definition) is 8. The van der Waals surface area contributed by atoms with Crippen molar-refractivity contribution < 1.29 is 27.2 Å². The molecule has 1 aromatic heterocycles. The van der Waals surface area contributed by atoms with Crippen LogP contribution >= 0.6 is 0 Å². The highest BCUT2D eigenvalue weighted by molar-refractivity contribution is 7.92. The van der Waals surface area contributed by atoms with E-state index in [9.17, 15) is 8.42 Å². The van der Waals surface area contributed by atoms with Gasteiger partial charge in [0.1, 0.15) is 5.75 Å². The van der Waals surface area contributed by atoms with E-state index in [1.54, 1.807) is 61.7 Å². The van der Waals surface area contributed by atoms with E-state index in [-0.39, 0.29) is 10.8 Å². The van der Waals surface area contributed by atoms with Crippen LogP contribution in [-0.2, 0) is 10.0 Å². The molecule has 0 fully saturated rings. The zero-order valence-corrected chi connectivity index (χ0v) is 18.9. The second-order valence-corrected chi connectivity index (χ2v) is 8.50. The van der Waals surface area contributed by atoms with E-state index in [4.69, 9.17) is 18.7 Å². The highest BCUT2D eigenvalue weighted by Gasteiger charge is 2.18. The van der Waals surface area contributed by atoms with Crippen molar-refractivity contribution in [2.45, 2.75) is 4.90 Å². The lowest BCUT2D eigenvalue weighted by Gasteiger charge is -2.09. The van der Waals surface area contributed by atoms with Crippen LogP contribution < -0.4 is 18.9 Å². The normalized spacial score (nSPS) is 11.1. The predicted octanol–water partition coefficient (Wildman–Crippen LogP) is 4.23. The minimum Gasteiger partial charge on any atom is -0.497 e. The summed E-state index contributed by atoms with van der Waals surface area (Å²) in [6.45, 7) is 0. The Kier molecular flexibility index (Phi) is 6.18. The van der Waals surface area contributed by atoms with Crippen molar-refractivity contribution in [3.63, 3.8) is 0 Å². The van der Waals surface area contributed by atoms with Crippen LogP contribution in [0.5, 0.6) is 17.2 Å². The molecule has 170 valence electrons. The van der Waals surface area contributed by atoms with Gasteiger partial charge in [-0.2, -0.15) is 4.98 Å². The molecule has 9 nitrogen and oxygen atoms in total. The van der Waals surface area contributed by atoms with Crippen LogP contribution in [0.25, 0.3) is 22.8 Å². The summed E-state index contributed by atoms with van der Waals surface area (Å²) in [6.07, 6.45) is 0. The maximum atomic E-state index is 12.6. The van der Waals surface area contributed by atoms with E-state index >= 15 is 0 Å². The molecule has 1 heterocycles. The first-order valence-corrected chi connectivity index (χ1v) is 11.3. The van der Waals surface area contributed by atoms with Crippen molar-refractivity contribution in [1.29, 1.82) is 0 Å². The van der Waals surface area contributed by atoms with Crippen molar-refractivity contribution in [2.75, 3.05) is 26.1 Å². The summed E-state index contributed by atoms with van der Waals surface area (Å²) < 4.78 is 49.0. The van der Waals surface area contributed by atoms with Gasteiger partial charge in [0, 0.05) is 11.3 Å². The molecule has 0 aliphatic rings. The van der Waals surface area contributed by atoms with Crippen molar-refractivity contribution in [1.82, 2.24) is 10.1 Å². The first kappa shape index (κ1) is 22.2. The first-order valence-electron chi connectivity index (χ1n) is 9.77. The molecule has 4 rings (SSSR count). The van der Waals surface area contributed by atoms with Gasteiger partial charge in [0.25, 0.3) is 15.9 Å². The lowest BCUT2D eigenvalue weighted by molar-refractivity contribution is 0.353. The molecular weight excluding hydrogens is 446 g/mol. The van der Waals surface area contributed by atoms with Crippen LogP contribution in [0.4, 0.5) is 5.69 Å². The fourth-order valence-corrected chi connectivity index (χ4v) is 4.22. The van der Waals surface area contributed by atoms with Crippen LogP contribution in [0, 0.1) is 0 Å². The lowest BCUT2D eigenvalue weighted by atomic mass is 10.1. The summed E-state index contributed by atoms with van der Waals surface area (Å²) >= 11 is 0. The maximum Gasteiger partial charge on any atom is 0.262 e. The molecule has 0 aliphatic carbocycles. The van der Waals surface area contributed by atoms with E-state index < -0.39 is 10.0 Å². The topological polar surface area (TPSA) is 113 Å². The van der Waals surface area contributed by atoms with Crippen LogP contribution in [0.2, 0.25) is 0 Å². The molecule has 33 heavy (non-hydrogen) atoms. The molecule has 0 atom stereocenters. The molecule has 0 saturated carbocycles. The number of aromatic nitrogens is 2. The molecule has 0 aliphatic heterocycles. The van der Waals surface area contributed by atoms with Crippen molar-refractivity contribution in [3.8, 4) is 40.1 Å². The number of benzene rings is 3. The van der Waals surface area contributed by atoms with E-state index in [0.717, 1.165) is 0 Å². The Balaban J connectivity index is 1.54. The van der Waals surface area contributed by atoms with E-state index in [2.05, 4.69) is 14.9 Å². The first-order chi connectivity index (χ1) is 15.9. The van der Waals surface area contributed by atoms with Gasteiger partial charge >= 0.3 is 0 Å². The van der Waals surface area contributed by atoms with Gasteiger partial charge < -0.3 is 18.7 Å². The molecule has 0 radical (unpaired) electrons. The molecule has 0 saturated heterocycles. The third-order valence-corrected chi connectivity index (χ3v) is 6.22. The van der Waals surface area contributed by atoms with Gasteiger partial charge in [-0.3, -0.25) is 4.72 Å². The molecule has 10 heteroatoms. The van der Waals surface area contributed by atoms with Gasteiger partial charge in [-0.1, -0.05) is 11.2 Å². The molecule has 1 N–H and O–H groups in total. The Morgan fingerprint density at radius 2 is 1.58 bits per heavy atom. The standard InChI is InChI=1S/C23H21N3O6S/c1-29-17-11-13-18(14-12-17)33(27,28)26-16-9-7-15(8-10-16)22-24-23(32-25-22)19-5-4-6-20(30-2)21(19)31-3/h4-14,26H,1-3H3. The number of nitrogens with one attached hydrogen (secondary N) is 1. The van der Waals surface area contributed by atoms with Crippen LogP contribution in [0.3, 0.4) is 0 Å². The molecule has 0 amide bonds. The summed E-state index contributed by atoms with van der Waals surface area (Å²) in [7, 11) is 0.853. The number of methoxy groups -OCH3 is 3. The third-order valence-electron chi connectivity index (χ3n) is 4.82. The Morgan fingerprint density at radius 1 is 0.848 bits per heavy atom. The van der Waals surface area contributed by atoms with Crippen LogP contribution in [0.1, 0.15) is 0 Å². The Morgan fingerprint density at radius 3 is 2.21 bits per heavy atom. The number of nitrogens with zero attached hydrogens (tertiary/aromatic N) is 2. The summed E-state index contributed by atoms with van der Waals surface area (Å²) in [5.41, 5.74) is 1.64. The monoisotopic (exact) mass is 467 g/mol. The van der Waals surface area contributed by atoms with Gasteiger partial charge in [0.05, 0.1) is 31.8 Å². The van der Waals surface area contributed by atoms with E-state index in [1.165, 1.54) is 26.4 Å². The number of anilines is 1. The Bertz CT molecular complexity index is 1350. The molecular formula is C23H21N3O6S. The fourth-order valence-electron chi connectivity index (χ4n) is 3.16. The highest BCUT2D eigenvalue weighted by Crippen LogP contribution is 2.37. The Hall–Kier alpha value is -4.05. The molecule has 0 spiro atoms. The van der Waals surface area contributed by atoms with Gasteiger partial charge in [-0.15, -0.1) is 0 Å². The number of ether oxygens (including phenoxy) is 3. The SMILES string of the molecule is COc1ccc(S(=O)(=O)Nc2ccc(-c3noc(-c4cccc(OC)c4OC)n3)cc2)cc1. The van der Waals surface area contributed by atoms with E-state index in [1.807, 2.05) is 0 Å². The molecule has 0 bridgehead atoms. The minimum atomic E-state index is -3.74. The second-order valence-electron chi connectivity index (χ2n) is 6.82. The van der Waals surface area contributed by atoms with Gasteiger partial charge in [0.15, 0.2) is 11.5 Å². The molecule has 0 unspecified atom stereocenters. The third kappa shape index (κ3) is 4.60. The fraction of sp³-hybridized carbons (Fsp3) is 0.130. The quantitative estimate of drug-likeness (QED) is 0.410. The molecule has 3 aromatic carbocycles. The van der Waals surface area contributed by atoms with Crippen LogP contribution in [-0.4, -0.2) is 39.9 Å². The van der Waals surface area contributed by atoms with Gasteiger partial charge in [0.2, 0.25) is 5.82 Å². The summed E-state index contributed by atoms with van der Waals surface area (Å²) in [6, 6.07) is 18.1. The summed E-state index contributed by atoms with van der Waals surface area (Å²) in [5, 5.41) is 4.03. The summed E-state index contributed by atoms with van der Waals surface area (Å²) in [4.78, 5) is 4.57. The number of para-hydroxylation sites is 1. The largest absolute Gasteiger partial charge is 0.497 e. The minimum absolute atomic E-state index is 0.127.